The number of fused-ring (bicyclic) bond motifs is 15. The molecule has 0 unspecified atom stereocenters. The summed E-state index contributed by atoms with van der Waals surface area (Å²) in [6, 6.07) is 78.0. The molecule has 3 fully saturated rings. The molecule has 0 aromatic heterocycles. The molecule has 0 N–H and O–H groups in total. The van der Waals surface area contributed by atoms with Crippen LogP contribution in [-0.4, -0.2) is 77.7 Å². The number of carbonyl (C=O) groups excluding carboxylic acids is 6. The van der Waals surface area contributed by atoms with Crippen molar-refractivity contribution in [3.63, 3.8) is 0 Å². The fourth-order valence-corrected chi connectivity index (χ4v) is 29.6. The van der Waals surface area contributed by atoms with Gasteiger partial charge in [-0.25, -0.2) is 0 Å². The van der Waals surface area contributed by atoms with Gasteiger partial charge >= 0.3 is 0 Å². The second-order valence-corrected chi connectivity index (χ2v) is 45.7. The molecule has 0 radical (unpaired) electrons. The second-order valence-electron chi connectivity index (χ2n) is 45.7. The van der Waals surface area contributed by atoms with Crippen molar-refractivity contribution in [3.8, 4) is 0 Å². The fraction of sp³-hybridized carbons (Fsp3) is 0.304. The molecule has 756 valence electrons. The normalized spacial score (nSPS) is 16.2. The molecule has 12 heteroatoms. The molecule has 21 bridgehead atoms. The monoisotopic (exact) mass is 1980 g/mol. The van der Waals surface area contributed by atoms with Crippen molar-refractivity contribution in [1.29, 1.82) is 0 Å². The zero-order chi connectivity index (χ0) is 106. The van der Waals surface area contributed by atoms with E-state index in [2.05, 4.69) is 307 Å². The summed E-state index contributed by atoms with van der Waals surface area (Å²) < 4.78 is 0. The number of nitrogens with zero attached hydrogens (tertiary/aromatic N) is 6. The molecular formula is C138H138N6O6. The van der Waals surface area contributed by atoms with E-state index in [1.807, 2.05) is 108 Å². The van der Waals surface area contributed by atoms with E-state index in [4.69, 9.17) is 0 Å². The Morgan fingerprint density at radius 2 is 0.300 bits per heavy atom. The molecule has 0 saturated heterocycles. The first-order chi connectivity index (χ1) is 71.8. The van der Waals surface area contributed by atoms with Gasteiger partial charge in [0.2, 0.25) is 0 Å². The van der Waals surface area contributed by atoms with Crippen LogP contribution in [0.1, 0.15) is 292 Å². The third-order valence-electron chi connectivity index (χ3n) is 36.1. The minimum absolute atomic E-state index is 0.149. The molecule has 3 saturated carbocycles. The van der Waals surface area contributed by atoms with Crippen LogP contribution in [-0.2, 0) is 16.2 Å². The van der Waals surface area contributed by atoms with E-state index in [-0.39, 0.29) is 51.7 Å². The summed E-state index contributed by atoms with van der Waals surface area (Å²) in [5.74, 6) is -0.895. The van der Waals surface area contributed by atoms with Crippen molar-refractivity contribution in [2.24, 2.45) is 0 Å². The Balaban J connectivity index is 0.692. The first kappa shape index (κ1) is 99.7. The van der Waals surface area contributed by atoms with Crippen LogP contribution in [0.2, 0.25) is 0 Å². The van der Waals surface area contributed by atoms with E-state index in [1.165, 1.54) is 33.4 Å². The quantitative estimate of drug-likeness (QED) is 0.139. The van der Waals surface area contributed by atoms with E-state index < -0.39 is 0 Å². The van der Waals surface area contributed by atoms with Gasteiger partial charge in [-0.05, 0) is 430 Å². The summed E-state index contributed by atoms with van der Waals surface area (Å²) in [7, 11) is 11.5. The van der Waals surface area contributed by atoms with Crippen LogP contribution in [0.5, 0.6) is 0 Å². The first-order valence-corrected chi connectivity index (χ1v) is 54.3. The lowest BCUT2D eigenvalue weighted by molar-refractivity contribution is 0.0986. The molecule has 12 nitrogen and oxygen atoms in total. The van der Waals surface area contributed by atoms with Gasteiger partial charge < -0.3 is 29.4 Å². The van der Waals surface area contributed by atoms with E-state index in [9.17, 15) is 0 Å². The zero-order valence-electron chi connectivity index (χ0n) is 92.0. The molecule has 30 rings (SSSR count). The molecule has 3 aliphatic carbocycles. The molecule has 3 spiro atoms. The predicted molar refractivity (Wildman–Crippen MR) is 629 cm³/mol. The number of benzene rings is 18. The highest BCUT2D eigenvalue weighted by Crippen LogP contribution is 2.56. The van der Waals surface area contributed by atoms with Crippen LogP contribution in [0.15, 0.2) is 218 Å². The van der Waals surface area contributed by atoms with E-state index in [1.54, 1.807) is 0 Å². The molecule has 9 heterocycles. The van der Waals surface area contributed by atoms with Crippen molar-refractivity contribution in [1.82, 2.24) is 0 Å². The Hall–Kier alpha value is -14.9. The number of rotatable bonds is 0. The number of amides is 6. The number of carbonyl (C=O) groups is 6. The third-order valence-corrected chi connectivity index (χ3v) is 36.1. The maximum absolute atomic E-state index is 16.3. The van der Waals surface area contributed by atoms with Crippen LogP contribution < -0.4 is 29.4 Å². The summed E-state index contributed by atoms with van der Waals surface area (Å²) in [4.78, 5) is 109. The van der Waals surface area contributed by atoms with Crippen LogP contribution in [0, 0.1) is 125 Å². The molecule has 6 amide bonds. The van der Waals surface area contributed by atoms with Crippen molar-refractivity contribution < 1.29 is 28.8 Å². The smallest absolute Gasteiger partial charge is 0.258 e. The van der Waals surface area contributed by atoms with Crippen LogP contribution in [0.3, 0.4) is 0 Å². The van der Waals surface area contributed by atoms with Crippen molar-refractivity contribution in [2.75, 3.05) is 71.7 Å². The lowest BCUT2D eigenvalue weighted by Gasteiger charge is -2.40. The number of anilines is 6. The third kappa shape index (κ3) is 15.5. The molecule has 12 aliphatic rings. The Labute approximate surface area is 883 Å². The largest absolute Gasteiger partial charge is 0.311 e. The highest BCUT2D eigenvalue weighted by Gasteiger charge is 2.44. The summed E-state index contributed by atoms with van der Waals surface area (Å²) >= 11 is 0. The standard InChI is InChI=1S/C138H138N6O6/c1-76-40-34-46-103-109-70-94-71-110(104-47-35-41-77(2)116(104)121(94)115(76)103)131(146)140(20)125-84(9)60-98(61-85(125)10)137(54-30-26-31-55-137)100-64-88(13)127(89(14)65-100)142(22)133(148)112-74-96-75-114(108-51-39-45-81(6)120(108)123(96)118-79(4)43-37-49-106(112)118)135(150)144(24)129-92(17)68-102(69-93(129)18)138(56-32-27-33-57-138)101-66-90(15)128(91(16)67-101)143(23)134(149)113-73-95-72-111(105-48-36-42-78(3)117(105)122(95)119-80(5)44-38-50-107(113)119)132(147)141(21)126-86(11)62-99(63-87(126)12)136(52-28-25-29-53-136)97-58-82(7)124(83(8)59-97)139(19)130(109)145/h34-51,58-75H,25-33,52-57H2,1-24H3. The van der Waals surface area contributed by atoms with E-state index in [0.29, 0.717) is 33.4 Å². The lowest BCUT2D eigenvalue weighted by Crippen LogP contribution is -2.33. The number of hydrogen-bond acceptors (Lipinski definition) is 6. The molecule has 9 aliphatic heterocycles. The van der Waals surface area contributed by atoms with Gasteiger partial charge in [-0.3, -0.25) is 28.8 Å². The van der Waals surface area contributed by atoms with Crippen LogP contribution in [0.25, 0.3) is 97.0 Å². The topological polar surface area (TPSA) is 122 Å². The second kappa shape index (κ2) is 37.4. The Morgan fingerprint density at radius 3 is 0.433 bits per heavy atom. The van der Waals surface area contributed by atoms with Gasteiger partial charge in [0.15, 0.2) is 0 Å². The van der Waals surface area contributed by atoms with Gasteiger partial charge in [0, 0.05) is 126 Å². The summed E-state index contributed by atoms with van der Waals surface area (Å²) in [5, 5.41) is 16.4. The maximum Gasteiger partial charge on any atom is 0.258 e. The van der Waals surface area contributed by atoms with Crippen molar-refractivity contribution >= 4 is 167 Å². The van der Waals surface area contributed by atoms with Crippen LogP contribution in [0.4, 0.5) is 34.1 Å². The molecule has 18 aromatic rings. The van der Waals surface area contributed by atoms with Crippen molar-refractivity contribution in [2.45, 2.75) is 237 Å². The number of hydrogen-bond donors (Lipinski definition) is 0. The zero-order valence-corrected chi connectivity index (χ0v) is 92.0. The fourth-order valence-electron chi connectivity index (χ4n) is 29.6. The van der Waals surface area contributed by atoms with Gasteiger partial charge in [0.1, 0.15) is 0 Å². The van der Waals surface area contributed by atoms with Crippen LogP contribution >= 0.6 is 0 Å². The Morgan fingerprint density at radius 1 is 0.167 bits per heavy atom. The molecule has 18 aromatic carbocycles. The summed E-state index contributed by atoms with van der Waals surface area (Å²) in [6.07, 6.45) is 15.3. The lowest BCUT2D eigenvalue weighted by atomic mass is 9.64. The van der Waals surface area contributed by atoms with Gasteiger partial charge in [-0.1, -0.05) is 240 Å². The average Bonchev–Trinajstić information content (AvgIpc) is 0.718. The minimum Gasteiger partial charge on any atom is -0.311 e. The molecule has 0 atom stereocenters. The minimum atomic E-state index is -0.373. The van der Waals surface area contributed by atoms with Gasteiger partial charge in [0.25, 0.3) is 35.4 Å². The van der Waals surface area contributed by atoms with E-state index >= 15 is 28.8 Å². The van der Waals surface area contributed by atoms with Gasteiger partial charge in [-0.15, -0.1) is 0 Å². The average molecular weight is 1980 g/mol. The van der Waals surface area contributed by atoms with E-state index in [0.717, 1.165) is 328 Å². The SMILES string of the molecule is Cc1cc2cc(C)c1N(C)C(=O)c1cc3cc(c4cccc(C)c4c3c3c(C)cccc13)C(=O)N(C)c1c(C)cc(cc1C)C1(CCCCC1)c1cc(C)c(c(C)c1)N(C)C(=O)c1cc3cc(c4cccc(C)c4c3c3c(C)cccc13)C(=O)N(C)c1c(C)cc(cc1C)C1(CCCCC1)c1cc(C)c(c(C)c1)N(C)C(=O)c1cc3cc(c4cccc(C)c4c3c3c(C)cccc13)C(=O)N(C)c1c(C)cc(cc1C)C21CCCCC1. The summed E-state index contributed by atoms with van der Waals surface area (Å²) in [6.45, 7) is 38.6. The maximum atomic E-state index is 16.3. The highest BCUT2D eigenvalue weighted by molar-refractivity contribution is 6.35. The highest BCUT2D eigenvalue weighted by atomic mass is 16.2. The summed E-state index contributed by atoms with van der Waals surface area (Å²) in [5.41, 5.74) is 32.7. The number of aryl methyl sites for hydroxylation is 18. The Kier molecular flexibility index (Phi) is 24.9. The van der Waals surface area contributed by atoms with Crippen molar-refractivity contribution in [3.05, 3.63) is 385 Å². The molecule has 150 heavy (non-hydrogen) atoms. The molecular weight excluding hydrogens is 1840 g/mol. The Bertz CT molecular complexity index is 7540. The predicted octanol–water partition coefficient (Wildman–Crippen LogP) is 33.3. The van der Waals surface area contributed by atoms with Gasteiger partial charge in [0.05, 0.1) is 0 Å². The first-order valence-electron chi connectivity index (χ1n) is 54.3. The van der Waals surface area contributed by atoms with Gasteiger partial charge in [-0.2, -0.15) is 0 Å².